The van der Waals surface area contributed by atoms with Crippen molar-refractivity contribution >= 4 is 41.1 Å². The van der Waals surface area contributed by atoms with Gasteiger partial charge in [0.15, 0.2) is 0 Å². The van der Waals surface area contributed by atoms with Crippen molar-refractivity contribution in [2.75, 3.05) is 0 Å². The van der Waals surface area contributed by atoms with Crippen LogP contribution < -0.4 is 0 Å². The topological polar surface area (TPSA) is 0 Å². The minimum absolute atomic E-state index is 0.337. The summed E-state index contributed by atoms with van der Waals surface area (Å²) in [4.78, 5) is 0. The summed E-state index contributed by atoms with van der Waals surface area (Å²) in [6, 6.07) is 8.84. The minimum atomic E-state index is 0.337. The van der Waals surface area contributed by atoms with Crippen LogP contribution in [0.5, 0.6) is 0 Å². The molecule has 2 rings (SSSR count). The molecule has 0 unspecified atom stereocenters. The number of hydrogen-bond acceptors (Lipinski definition) is 0. The first-order valence-electron chi connectivity index (χ1n) is 5.11. The number of fused-ring (bicyclic) bond motifs is 1. The summed E-state index contributed by atoms with van der Waals surface area (Å²) in [5.41, 5.74) is 3.34. The molecule has 1 aromatic rings. The molecule has 0 aliphatic carbocycles. The van der Waals surface area contributed by atoms with Crippen molar-refractivity contribution in [1.82, 2.24) is 0 Å². The van der Waals surface area contributed by atoms with Crippen LogP contribution in [0.4, 0.5) is 0 Å². The summed E-state index contributed by atoms with van der Waals surface area (Å²) < 4.78 is 3.18. The Bertz CT molecular complexity index is 413. The Kier molecular flexibility index (Phi) is 3.30. The molecule has 0 radical (unpaired) electrons. The standard InChI is InChI=1S/C13H15ISe/c1-13(2,3)12-11(14)10-7-5-4-6-9(10)8-15-12/h4-7H,8H2,1-3H3. The second kappa shape index (κ2) is 4.23. The second-order valence-corrected chi connectivity index (χ2v) is 7.99. The van der Waals surface area contributed by atoms with Crippen LogP contribution in [0.25, 0.3) is 3.58 Å². The van der Waals surface area contributed by atoms with E-state index >= 15 is 0 Å². The number of halogens is 1. The second-order valence-electron chi connectivity index (χ2n) is 4.84. The van der Waals surface area contributed by atoms with E-state index < -0.39 is 0 Å². The van der Waals surface area contributed by atoms with Gasteiger partial charge in [-0.2, -0.15) is 0 Å². The van der Waals surface area contributed by atoms with E-state index in [9.17, 15) is 0 Å². The van der Waals surface area contributed by atoms with Gasteiger partial charge in [-0.1, -0.05) is 0 Å². The molecule has 1 aromatic carbocycles. The van der Waals surface area contributed by atoms with E-state index in [0.717, 1.165) is 0 Å². The third-order valence-electron chi connectivity index (χ3n) is 2.51. The van der Waals surface area contributed by atoms with Crippen LogP contribution >= 0.6 is 22.6 Å². The van der Waals surface area contributed by atoms with Crippen LogP contribution in [0.15, 0.2) is 28.7 Å². The van der Waals surface area contributed by atoms with Crippen molar-refractivity contribution < 1.29 is 0 Å². The molecule has 0 saturated heterocycles. The predicted octanol–water partition coefficient (Wildman–Crippen LogP) is 4.05. The number of rotatable bonds is 0. The molecular weight excluding hydrogens is 362 g/mol. The Morgan fingerprint density at radius 3 is 2.53 bits per heavy atom. The molecule has 0 spiro atoms. The van der Waals surface area contributed by atoms with E-state index in [-0.39, 0.29) is 0 Å². The zero-order valence-electron chi connectivity index (χ0n) is 9.30. The summed E-state index contributed by atoms with van der Waals surface area (Å²) in [5, 5.41) is 1.27. The van der Waals surface area contributed by atoms with Crippen molar-refractivity contribution in [3.63, 3.8) is 0 Å². The van der Waals surface area contributed by atoms with E-state index in [1.54, 1.807) is 4.47 Å². The van der Waals surface area contributed by atoms with Gasteiger partial charge < -0.3 is 0 Å². The molecule has 0 fully saturated rings. The molecule has 1 aliphatic heterocycles. The number of allylic oxidation sites excluding steroid dienone is 1. The summed E-state index contributed by atoms with van der Waals surface area (Å²) in [5.74, 6) is 0. The SMILES string of the molecule is CC(C)(C)C1=C(I)c2ccccc2C[Se]1. The molecule has 0 atom stereocenters. The molecule has 15 heavy (non-hydrogen) atoms. The first-order valence-corrected chi connectivity index (χ1v) is 8.26. The fourth-order valence-electron chi connectivity index (χ4n) is 1.74. The maximum absolute atomic E-state index is 2.53. The van der Waals surface area contributed by atoms with E-state index in [1.165, 1.54) is 20.0 Å². The van der Waals surface area contributed by atoms with Crippen LogP contribution in [0.2, 0.25) is 0 Å². The third-order valence-corrected chi connectivity index (χ3v) is 7.72. The summed E-state index contributed by atoms with van der Waals surface area (Å²) in [7, 11) is 0. The molecule has 0 saturated carbocycles. The van der Waals surface area contributed by atoms with Crippen molar-refractivity contribution in [3.05, 3.63) is 39.9 Å². The van der Waals surface area contributed by atoms with Gasteiger partial charge in [0.2, 0.25) is 0 Å². The Balaban J connectivity index is 2.54. The van der Waals surface area contributed by atoms with Crippen molar-refractivity contribution in [2.45, 2.75) is 26.1 Å². The van der Waals surface area contributed by atoms with Gasteiger partial charge in [0.25, 0.3) is 0 Å². The summed E-state index contributed by atoms with van der Waals surface area (Å²) >= 11 is 3.17. The van der Waals surface area contributed by atoms with E-state index in [4.69, 9.17) is 0 Å². The Hall–Kier alpha value is 0.209. The zero-order valence-corrected chi connectivity index (χ0v) is 13.2. The maximum atomic E-state index is 2.53. The van der Waals surface area contributed by atoms with E-state index in [0.29, 0.717) is 20.4 Å². The molecule has 80 valence electrons. The zero-order chi connectivity index (χ0) is 11.1. The van der Waals surface area contributed by atoms with Gasteiger partial charge in [0.05, 0.1) is 0 Å². The van der Waals surface area contributed by atoms with Crippen molar-refractivity contribution in [2.24, 2.45) is 5.41 Å². The normalized spacial score (nSPS) is 16.5. The van der Waals surface area contributed by atoms with Gasteiger partial charge in [0, 0.05) is 0 Å². The average molecular weight is 377 g/mol. The average Bonchev–Trinajstić information content (AvgIpc) is 2.16. The van der Waals surface area contributed by atoms with Gasteiger partial charge in [-0.25, -0.2) is 0 Å². The molecule has 0 amide bonds. The first kappa shape index (κ1) is 11.7. The molecule has 2 heteroatoms. The fraction of sp³-hybridized carbons (Fsp3) is 0.385. The van der Waals surface area contributed by atoms with Gasteiger partial charge >= 0.3 is 112 Å². The molecular formula is C13H15ISe. The molecule has 0 N–H and O–H groups in total. The molecule has 0 aromatic heterocycles. The van der Waals surface area contributed by atoms with Crippen LogP contribution in [0, 0.1) is 5.41 Å². The Morgan fingerprint density at radius 1 is 1.20 bits per heavy atom. The number of hydrogen-bond donors (Lipinski definition) is 0. The molecule has 0 bridgehead atoms. The van der Waals surface area contributed by atoms with Crippen LogP contribution in [0.3, 0.4) is 0 Å². The quantitative estimate of drug-likeness (QED) is 0.473. The van der Waals surface area contributed by atoms with Gasteiger partial charge in [-0.3, -0.25) is 0 Å². The van der Waals surface area contributed by atoms with Crippen molar-refractivity contribution in [3.8, 4) is 0 Å². The van der Waals surface area contributed by atoms with E-state index in [1.807, 2.05) is 0 Å². The molecule has 1 heterocycles. The van der Waals surface area contributed by atoms with Gasteiger partial charge in [-0.05, 0) is 0 Å². The van der Waals surface area contributed by atoms with Crippen LogP contribution in [-0.2, 0) is 5.32 Å². The third kappa shape index (κ3) is 2.32. The van der Waals surface area contributed by atoms with E-state index in [2.05, 4.69) is 67.6 Å². The molecule has 0 nitrogen and oxygen atoms in total. The molecule has 1 aliphatic rings. The summed E-state index contributed by atoms with van der Waals surface area (Å²) in [6.07, 6.45) is 0. The number of benzene rings is 1. The monoisotopic (exact) mass is 378 g/mol. The van der Waals surface area contributed by atoms with Gasteiger partial charge in [0.1, 0.15) is 0 Å². The predicted molar refractivity (Wildman–Crippen MR) is 76.3 cm³/mol. The van der Waals surface area contributed by atoms with Crippen LogP contribution in [0.1, 0.15) is 31.9 Å². The van der Waals surface area contributed by atoms with Gasteiger partial charge in [-0.15, -0.1) is 0 Å². The van der Waals surface area contributed by atoms with Crippen LogP contribution in [-0.4, -0.2) is 15.0 Å². The van der Waals surface area contributed by atoms with Crippen molar-refractivity contribution in [1.29, 1.82) is 0 Å². The fourth-order valence-corrected chi connectivity index (χ4v) is 6.45. The first-order chi connectivity index (χ1) is 7.00. The Labute approximate surface area is 112 Å². The summed E-state index contributed by atoms with van der Waals surface area (Å²) in [6.45, 7) is 6.99. The Morgan fingerprint density at radius 2 is 1.87 bits per heavy atom.